The van der Waals surface area contributed by atoms with E-state index in [1.807, 2.05) is 13.8 Å². The lowest BCUT2D eigenvalue weighted by molar-refractivity contribution is 0.119. The summed E-state index contributed by atoms with van der Waals surface area (Å²) >= 11 is 6.21. The summed E-state index contributed by atoms with van der Waals surface area (Å²) in [5, 5.41) is 7.37. The molecule has 0 aliphatic heterocycles. The first-order valence-electron chi connectivity index (χ1n) is 10.4. The molecule has 2 atom stereocenters. The molecule has 31 heavy (non-hydrogen) atoms. The van der Waals surface area contributed by atoms with E-state index in [0.29, 0.717) is 30.3 Å². The summed E-state index contributed by atoms with van der Waals surface area (Å²) in [7, 11) is -4.51. The first-order valence-corrected chi connectivity index (χ1v) is 13.9. The van der Waals surface area contributed by atoms with E-state index in [1.54, 1.807) is 18.5 Å². The Kier molecular flexibility index (Phi) is 7.30. The highest BCUT2D eigenvalue weighted by atomic mass is 35.5. The molecule has 2 aromatic heterocycles. The number of nitrogens with two attached hydrogens (primary N) is 1. The van der Waals surface area contributed by atoms with Gasteiger partial charge in [-0.1, -0.05) is 24.9 Å². The highest BCUT2D eigenvalue weighted by Gasteiger charge is 2.38. The summed E-state index contributed by atoms with van der Waals surface area (Å²) in [6.07, 6.45) is 7.89. The van der Waals surface area contributed by atoms with Gasteiger partial charge in [0.25, 0.3) is 0 Å². The van der Waals surface area contributed by atoms with Crippen molar-refractivity contribution in [2.24, 2.45) is 5.14 Å². The zero-order valence-corrected chi connectivity index (χ0v) is 20.7. The van der Waals surface area contributed by atoms with E-state index in [9.17, 15) is 12.6 Å². The van der Waals surface area contributed by atoms with E-state index in [0.717, 1.165) is 29.2 Å². The van der Waals surface area contributed by atoms with Gasteiger partial charge >= 0.3 is 0 Å². The number of sulfone groups is 1. The molecule has 1 aliphatic rings. The van der Waals surface area contributed by atoms with Gasteiger partial charge in [0.15, 0.2) is 9.84 Å². The SMILES string of the molecule is CCC[C@H](CC(C)(C)S(N)=O)c1cnc(OC2CC(S(C)(=O)=O)C2)c2cnc(Cl)cc12. The Morgan fingerprint density at radius 2 is 1.97 bits per heavy atom. The molecule has 7 nitrogen and oxygen atoms in total. The minimum atomic E-state index is -3.05. The van der Waals surface area contributed by atoms with Crippen molar-refractivity contribution >= 4 is 43.2 Å². The number of nitrogens with zero attached hydrogens (tertiary/aromatic N) is 2. The van der Waals surface area contributed by atoms with Crippen LogP contribution < -0.4 is 9.88 Å². The second-order valence-corrected chi connectivity index (χ2v) is 13.4. The fourth-order valence-corrected chi connectivity index (χ4v) is 5.69. The molecule has 10 heteroatoms. The maximum Gasteiger partial charge on any atom is 0.223 e. The van der Waals surface area contributed by atoms with Crippen LogP contribution in [0.15, 0.2) is 18.5 Å². The van der Waals surface area contributed by atoms with Crippen molar-refractivity contribution in [3.05, 3.63) is 29.2 Å². The second kappa shape index (κ2) is 9.29. The average molecular weight is 488 g/mol. The molecule has 0 bridgehead atoms. The third kappa shape index (κ3) is 5.56. The molecular weight excluding hydrogens is 458 g/mol. The zero-order chi connectivity index (χ0) is 23.0. The van der Waals surface area contributed by atoms with Gasteiger partial charge in [-0.05, 0) is 49.6 Å². The topological polar surface area (TPSA) is 112 Å². The molecule has 0 amide bonds. The first-order chi connectivity index (χ1) is 14.4. The Hall–Kier alpha value is -1.29. The zero-order valence-electron chi connectivity index (χ0n) is 18.3. The van der Waals surface area contributed by atoms with Gasteiger partial charge in [0.05, 0.1) is 26.4 Å². The molecule has 172 valence electrons. The van der Waals surface area contributed by atoms with Crippen LogP contribution in [0.25, 0.3) is 10.8 Å². The first kappa shape index (κ1) is 24.4. The van der Waals surface area contributed by atoms with Crippen LogP contribution in [0.1, 0.15) is 64.4 Å². The Bertz CT molecular complexity index is 1090. The highest BCUT2D eigenvalue weighted by Crippen LogP contribution is 2.39. The van der Waals surface area contributed by atoms with Gasteiger partial charge in [0.2, 0.25) is 5.88 Å². The molecule has 1 unspecified atom stereocenters. The fraction of sp³-hybridized carbons (Fsp3) is 0.619. The van der Waals surface area contributed by atoms with Crippen LogP contribution in [-0.4, -0.2) is 45.0 Å². The number of hydrogen-bond donors (Lipinski definition) is 1. The van der Waals surface area contributed by atoms with Gasteiger partial charge in [-0.3, -0.25) is 5.14 Å². The minimum absolute atomic E-state index is 0.0911. The summed E-state index contributed by atoms with van der Waals surface area (Å²) in [6.45, 7) is 5.92. The monoisotopic (exact) mass is 487 g/mol. The van der Waals surface area contributed by atoms with Crippen LogP contribution >= 0.6 is 11.6 Å². The maximum atomic E-state index is 12.0. The predicted molar refractivity (Wildman–Crippen MR) is 126 cm³/mol. The lowest BCUT2D eigenvalue weighted by Gasteiger charge is -2.34. The predicted octanol–water partition coefficient (Wildman–Crippen LogP) is 3.91. The lowest BCUT2D eigenvalue weighted by atomic mass is 9.85. The number of ether oxygens (including phenoxy) is 1. The Morgan fingerprint density at radius 3 is 2.55 bits per heavy atom. The third-order valence-corrected chi connectivity index (χ3v) is 9.09. The largest absolute Gasteiger partial charge is 0.474 e. The summed E-state index contributed by atoms with van der Waals surface area (Å²) in [5.74, 6) is 0.519. The van der Waals surface area contributed by atoms with Crippen molar-refractivity contribution < 1.29 is 17.4 Å². The number of aromatic nitrogens is 2. The van der Waals surface area contributed by atoms with E-state index in [-0.39, 0.29) is 17.3 Å². The normalized spacial score (nSPS) is 21.5. The highest BCUT2D eigenvalue weighted by molar-refractivity contribution is 7.91. The van der Waals surface area contributed by atoms with Gasteiger partial charge in [-0.15, -0.1) is 0 Å². The molecule has 3 rings (SSSR count). The summed E-state index contributed by atoms with van der Waals surface area (Å²) in [4.78, 5) is 8.77. The maximum absolute atomic E-state index is 12.0. The van der Waals surface area contributed by atoms with E-state index >= 15 is 0 Å². The smallest absolute Gasteiger partial charge is 0.223 e. The van der Waals surface area contributed by atoms with Gasteiger partial charge in [-0.25, -0.2) is 22.6 Å². The molecule has 0 aromatic carbocycles. The Balaban J connectivity index is 1.95. The van der Waals surface area contributed by atoms with Gasteiger partial charge in [0, 0.05) is 31.5 Å². The molecule has 2 heterocycles. The number of rotatable bonds is 9. The number of hydrogen-bond acceptors (Lipinski definition) is 6. The molecule has 0 saturated heterocycles. The van der Waals surface area contributed by atoms with Crippen molar-refractivity contribution in [1.82, 2.24) is 9.97 Å². The molecule has 2 N–H and O–H groups in total. The molecule has 1 aliphatic carbocycles. The van der Waals surface area contributed by atoms with Crippen molar-refractivity contribution in [2.75, 3.05) is 6.26 Å². The molecule has 2 aromatic rings. The van der Waals surface area contributed by atoms with Gasteiger partial charge in [-0.2, -0.15) is 0 Å². The van der Waals surface area contributed by atoms with Crippen LogP contribution in [-0.2, 0) is 20.8 Å². The average Bonchev–Trinajstić information content (AvgIpc) is 2.62. The fourth-order valence-electron chi connectivity index (χ4n) is 4.04. The minimum Gasteiger partial charge on any atom is -0.474 e. The van der Waals surface area contributed by atoms with Crippen LogP contribution in [0.3, 0.4) is 0 Å². The van der Waals surface area contributed by atoms with E-state index in [1.165, 1.54) is 6.26 Å². The van der Waals surface area contributed by atoms with Crippen LogP contribution in [0, 0.1) is 0 Å². The molecule has 0 radical (unpaired) electrons. The quantitative estimate of drug-likeness (QED) is 0.536. The Labute approximate surface area is 191 Å². The number of fused-ring (bicyclic) bond motifs is 1. The Morgan fingerprint density at radius 1 is 1.29 bits per heavy atom. The van der Waals surface area contributed by atoms with Crippen molar-refractivity contribution in [2.45, 2.75) is 74.9 Å². The van der Waals surface area contributed by atoms with E-state index < -0.39 is 25.6 Å². The summed E-state index contributed by atoms with van der Waals surface area (Å²) < 4.78 is 40.9. The van der Waals surface area contributed by atoms with Crippen LogP contribution in [0.2, 0.25) is 5.15 Å². The summed E-state index contributed by atoms with van der Waals surface area (Å²) in [6, 6.07) is 1.80. The van der Waals surface area contributed by atoms with Crippen molar-refractivity contribution in [3.63, 3.8) is 0 Å². The van der Waals surface area contributed by atoms with Crippen LogP contribution in [0.4, 0.5) is 0 Å². The van der Waals surface area contributed by atoms with E-state index in [4.69, 9.17) is 21.5 Å². The van der Waals surface area contributed by atoms with Crippen molar-refractivity contribution in [1.29, 1.82) is 0 Å². The van der Waals surface area contributed by atoms with Crippen LogP contribution in [0.5, 0.6) is 5.88 Å². The second-order valence-electron chi connectivity index (χ2n) is 8.98. The molecule has 1 fully saturated rings. The standard InChI is InChI=1S/C21H30ClN3O4S2/c1-5-6-13(10-21(2,3)30(23)26)17-11-25-20(18-12-24-19(22)9-16(17)18)29-14-7-15(8-14)31(4,27)28/h9,11-15H,5-8,10,23H2,1-4H3/t13-,14?,15?,30?/m1/s1. The van der Waals surface area contributed by atoms with E-state index in [2.05, 4.69) is 16.9 Å². The van der Waals surface area contributed by atoms with Crippen molar-refractivity contribution in [3.8, 4) is 5.88 Å². The molecular formula is C21H30ClN3O4S2. The third-order valence-electron chi connectivity index (χ3n) is 6.03. The molecule has 0 spiro atoms. The number of halogens is 1. The lowest BCUT2D eigenvalue weighted by Crippen LogP contribution is -2.42. The summed E-state index contributed by atoms with van der Waals surface area (Å²) in [5.41, 5.74) is 0.995. The number of pyridine rings is 2. The molecule has 1 saturated carbocycles. The van der Waals surface area contributed by atoms with Gasteiger partial charge < -0.3 is 4.74 Å². The van der Waals surface area contributed by atoms with Gasteiger partial charge in [0.1, 0.15) is 11.3 Å².